The molecule has 0 spiro atoms. The highest BCUT2D eigenvalue weighted by Crippen LogP contribution is 2.18. The molecule has 1 heterocycles. The van der Waals surface area contributed by atoms with E-state index in [0.717, 1.165) is 22.7 Å². The Morgan fingerprint density at radius 2 is 2.25 bits per heavy atom. The van der Waals surface area contributed by atoms with E-state index in [-0.39, 0.29) is 0 Å². The molecule has 0 saturated heterocycles. The molecule has 1 N–H and O–H groups in total. The maximum absolute atomic E-state index is 10.4. The molecule has 0 saturated carbocycles. The van der Waals surface area contributed by atoms with Crippen molar-refractivity contribution in [2.75, 3.05) is 0 Å². The molecular weight excluding hydrogens is 204 g/mol. The third-order valence-corrected chi connectivity index (χ3v) is 2.52. The number of aliphatic carboxylic acids is 1. The molecule has 0 amide bonds. The average molecular weight is 216 g/mol. The van der Waals surface area contributed by atoms with Crippen molar-refractivity contribution in [1.82, 2.24) is 9.55 Å². The predicted octanol–water partition coefficient (Wildman–Crippen LogP) is 1.98. The minimum atomic E-state index is -0.969. The van der Waals surface area contributed by atoms with Gasteiger partial charge < -0.3 is 9.67 Å². The van der Waals surface area contributed by atoms with E-state index in [1.165, 1.54) is 6.08 Å². The van der Waals surface area contributed by atoms with Crippen LogP contribution < -0.4 is 0 Å². The molecule has 0 bridgehead atoms. The van der Waals surface area contributed by atoms with Gasteiger partial charge in [-0.25, -0.2) is 9.78 Å². The fourth-order valence-corrected chi connectivity index (χ4v) is 1.67. The van der Waals surface area contributed by atoms with Crippen molar-refractivity contribution < 1.29 is 9.90 Å². The molecule has 1 aromatic heterocycles. The number of carboxylic acids is 1. The van der Waals surface area contributed by atoms with Gasteiger partial charge in [0, 0.05) is 13.1 Å². The summed E-state index contributed by atoms with van der Waals surface area (Å²) in [5.41, 5.74) is 3.00. The number of hydrogen-bond acceptors (Lipinski definition) is 2. The molecule has 4 nitrogen and oxygen atoms in total. The van der Waals surface area contributed by atoms with E-state index in [1.807, 2.05) is 36.7 Å². The van der Waals surface area contributed by atoms with E-state index < -0.39 is 5.97 Å². The summed E-state index contributed by atoms with van der Waals surface area (Å²) in [5.74, 6) is -0.324. The Morgan fingerprint density at radius 1 is 1.50 bits per heavy atom. The number of benzene rings is 1. The number of rotatable bonds is 2. The van der Waals surface area contributed by atoms with E-state index in [1.54, 1.807) is 0 Å². The van der Waals surface area contributed by atoms with E-state index in [2.05, 4.69) is 4.98 Å². The van der Waals surface area contributed by atoms with Gasteiger partial charge in [-0.3, -0.25) is 0 Å². The van der Waals surface area contributed by atoms with E-state index >= 15 is 0 Å². The Labute approximate surface area is 92.8 Å². The number of hydrogen-bond donors (Lipinski definition) is 1. The zero-order valence-electron chi connectivity index (χ0n) is 9.14. The highest BCUT2D eigenvalue weighted by atomic mass is 16.4. The SMILES string of the molecule is Cc1cccc2c1nc(/C=C/C(=O)O)n2C. The smallest absolute Gasteiger partial charge is 0.328 e. The molecule has 2 aromatic rings. The first-order valence-electron chi connectivity index (χ1n) is 4.92. The van der Waals surface area contributed by atoms with Gasteiger partial charge in [0.2, 0.25) is 0 Å². The number of aryl methyl sites for hydroxylation is 2. The summed E-state index contributed by atoms with van der Waals surface area (Å²) in [6.07, 6.45) is 2.60. The van der Waals surface area contributed by atoms with Crippen LogP contribution in [-0.2, 0) is 11.8 Å². The first kappa shape index (κ1) is 10.4. The van der Waals surface area contributed by atoms with Gasteiger partial charge in [0.1, 0.15) is 5.82 Å². The van der Waals surface area contributed by atoms with E-state index in [4.69, 9.17) is 5.11 Å². The molecular formula is C12H12N2O2. The lowest BCUT2D eigenvalue weighted by molar-refractivity contribution is -0.131. The highest BCUT2D eigenvalue weighted by molar-refractivity contribution is 5.86. The number of fused-ring (bicyclic) bond motifs is 1. The second-order valence-corrected chi connectivity index (χ2v) is 3.64. The second kappa shape index (κ2) is 3.81. The first-order valence-corrected chi connectivity index (χ1v) is 4.92. The molecule has 0 radical (unpaired) electrons. The molecule has 82 valence electrons. The molecule has 0 aliphatic carbocycles. The lowest BCUT2D eigenvalue weighted by atomic mass is 10.2. The molecule has 0 aliphatic heterocycles. The summed E-state index contributed by atoms with van der Waals surface area (Å²) in [4.78, 5) is 14.8. The first-order chi connectivity index (χ1) is 7.59. The minimum absolute atomic E-state index is 0.645. The normalized spacial score (nSPS) is 11.4. The summed E-state index contributed by atoms with van der Waals surface area (Å²) in [6.45, 7) is 1.99. The van der Waals surface area contributed by atoms with Crippen molar-refractivity contribution in [3.05, 3.63) is 35.7 Å². The lowest BCUT2D eigenvalue weighted by Crippen LogP contribution is -1.92. The summed E-state index contributed by atoms with van der Waals surface area (Å²) in [5, 5.41) is 8.57. The van der Waals surface area contributed by atoms with Crippen LogP contribution in [0.2, 0.25) is 0 Å². The van der Waals surface area contributed by atoms with Crippen LogP contribution in [0.3, 0.4) is 0 Å². The Bertz CT molecular complexity index is 582. The standard InChI is InChI=1S/C12H12N2O2/c1-8-4-3-5-9-12(8)13-10(14(9)2)6-7-11(15)16/h3-7H,1-2H3,(H,15,16)/b7-6+. The van der Waals surface area contributed by atoms with Crippen molar-refractivity contribution in [1.29, 1.82) is 0 Å². The molecule has 1 aromatic carbocycles. The number of carbonyl (C=O) groups is 1. The minimum Gasteiger partial charge on any atom is -0.478 e. The van der Waals surface area contributed by atoms with Crippen LogP contribution in [0, 0.1) is 6.92 Å². The quantitative estimate of drug-likeness (QED) is 0.781. The predicted molar refractivity (Wildman–Crippen MR) is 62.1 cm³/mol. The van der Waals surface area contributed by atoms with Crippen LogP contribution in [0.15, 0.2) is 24.3 Å². The Kier molecular flexibility index (Phi) is 2.48. The summed E-state index contributed by atoms with van der Waals surface area (Å²) < 4.78 is 1.88. The molecule has 0 atom stereocenters. The number of imidazole rings is 1. The Morgan fingerprint density at radius 3 is 2.88 bits per heavy atom. The molecule has 0 fully saturated rings. The van der Waals surface area contributed by atoms with Gasteiger partial charge in [-0.15, -0.1) is 0 Å². The van der Waals surface area contributed by atoms with Gasteiger partial charge in [0.15, 0.2) is 0 Å². The van der Waals surface area contributed by atoms with Crippen molar-refractivity contribution in [3.63, 3.8) is 0 Å². The van der Waals surface area contributed by atoms with Crippen LogP contribution in [0.25, 0.3) is 17.1 Å². The lowest BCUT2D eigenvalue weighted by Gasteiger charge is -1.96. The molecule has 2 rings (SSSR count). The van der Waals surface area contributed by atoms with Gasteiger partial charge in [0.25, 0.3) is 0 Å². The summed E-state index contributed by atoms with van der Waals surface area (Å²) >= 11 is 0. The van der Waals surface area contributed by atoms with Gasteiger partial charge in [0.05, 0.1) is 11.0 Å². The molecule has 0 aliphatic rings. The third-order valence-electron chi connectivity index (χ3n) is 2.52. The maximum Gasteiger partial charge on any atom is 0.328 e. The molecule has 16 heavy (non-hydrogen) atoms. The number of carboxylic acid groups (broad SMARTS) is 1. The number of para-hydroxylation sites is 1. The highest BCUT2D eigenvalue weighted by Gasteiger charge is 2.06. The largest absolute Gasteiger partial charge is 0.478 e. The summed E-state index contributed by atoms with van der Waals surface area (Å²) in [7, 11) is 1.87. The van der Waals surface area contributed by atoms with Crippen LogP contribution in [0.1, 0.15) is 11.4 Å². The van der Waals surface area contributed by atoms with Gasteiger partial charge in [-0.1, -0.05) is 12.1 Å². The maximum atomic E-state index is 10.4. The van der Waals surface area contributed by atoms with Crippen LogP contribution in [0.4, 0.5) is 0 Å². The van der Waals surface area contributed by atoms with Gasteiger partial charge >= 0.3 is 5.97 Å². The fraction of sp³-hybridized carbons (Fsp3) is 0.167. The monoisotopic (exact) mass is 216 g/mol. The average Bonchev–Trinajstić information content (AvgIpc) is 2.55. The molecule has 4 heteroatoms. The van der Waals surface area contributed by atoms with Crippen molar-refractivity contribution in [3.8, 4) is 0 Å². The van der Waals surface area contributed by atoms with Crippen LogP contribution >= 0.6 is 0 Å². The zero-order valence-corrected chi connectivity index (χ0v) is 9.14. The van der Waals surface area contributed by atoms with Crippen molar-refractivity contribution >= 4 is 23.1 Å². The number of nitrogens with zero attached hydrogens (tertiary/aromatic N) is 2. The van der Waals surface area contributed by atoms with Gasteiger partial charge in [-0.2, -0.15) is 0 Å². The fourth-order valence-electron chi connectivity index (χ4n) is 1.67. The van der Waals surface area contributed by atoms with Crippen LogP contribution in [0.5, 0.6) is 0 Å². The van der Waals surface area contributed by atoms with Crippen molar-refractivity contribution in [2.45, 2.75) is 6.92 Å². The summed E-state index contributed by atoms with van der Waals surface area (Å²) in [6, 6.07) is 5.91. The van der Waals surface area contributed by atoms with E-state index in [9.17, 15) is 4.79 Å². The Balaban J connectivity index is 2.60. The zero-order chi connectivity index (χ0) is 11.7. The van der Waals surface area contributed by atoms with Crippen LogP contribution in [-0.4, -0.2) is 20.6 Å². The van der Waals surface area contributed by atoms with Gasteiger partial charge in [-0.05, 0) is 24.6 Å². The second-order valence-electron chi connectivity index (χ2n) is 3.64. The van der Waals surface area contributed by atoms with Crippen molar-refractivity contribution in [2.24, 2.45) is 7.05 Å². The van der Waals surface area contributed by atoms with E-state index in [0.29, 0.717) is 5.82 Å². The third kappa shape index (κ3) is 1.69. The Hall–Kier alpha value is -2.10. The topological polar surface area (TPSA) is 55.1 Å². The molecule has 0 unspecified atom stereocenters. The number of aromatic nitrogens is 2.